The van der Waals surface area contributed by atoms with Crippen molar-refractivity contribution in [3.63, 3.8) is 0 Å². The van der Waals surface area contributed by atoms with Crippen molar-refractivity contribution in [1.82, 2.24) is 10.2 Å². The van der Waals surface area contributed by atoms with Gasteiger partial charge in [0.15, 0.2) is 0 Å². The number of nitrogens with zero attached hydrogens (tertiary/aromatic N) is 1. The number of aryl methyl sites for hydroxylation is 1. The van der Waals surface area contributed by atoms with E-state index in [0.717, 1.165) is 44.6 Å². The van der Waals surface area contributed by atoms with Gasteiger partial charge in [-0.1, -0.05) is 49.7 Å². The van der Waals surface area contributed by atoms with Crippen molar-refractivity contribution in [3.8, 4) is 11.1 Å². The van der Waals surface area contributed by atoms with Crippen molar-refractivity contribution in [1.29, 1.82) is 0 Å². The highest BCUT2D eigenvalue weighted by atomic mass is 16.2. The minimum Gasteiger partial charge on any atom is -0.338 e. The minimum atomic E-state index is 0.187. The molecule has 3 heteroatoms. The molecule has 1 atom stereocenters. The molecule has 2 aromatic rings. The summed E-state index contributed by atoms with van der Waals surface area (Å²) in [6.07, 6.45) is 7.18. The highest BCUT2D eigenvalue weighted by Crippen LogP contribution is 2.36. The Kier molecular flexibility index (Phi) is 5.82. The second-order valence-electron chi connectivity index (χ2n) is 8.63. The molecule has 0 unspecified atom stereocenters. The molecule has 0 aliphatic carbocycles. The van der Waals surface area contributed by atoms with E-state index in [2.05, 4.69) is 53.5 Å². The number of rotatable bonds is 5. The summed E-state index contributed by atoms with van der Waals surface area (Å²) in [5.74, 6) is 0.187. The van der Waals surface area contributed by atoms with Gasteiger partial charge in [-0.15, -0.1) is 0 Å². The van der Waals surface area contributed by atoms with Crippen molar-refractivity contribution in [3.05, 3.63) is 59.7 Å². The first-order valence-corrected chi connectivity index (χ1v) is 10.9. The maximum absolute atomic E-state index is 13.0. The van der Waals surface area contributed by atoms with E-state index in [1.165, 1.54) is 42.4 Å². The third-order valence-corrected chi connectivity index (χ3v) is 6.52. The fourth-order valence-corrected chi connectivity index (χ4v) is 4.76. The van der Waals surface area contributed by atoms with Crippen LogP contribution >= 0.6 is 0 Å². The van der Waals surface area contributed by atoms with Gasteiger partial charge in [0.05, 0.1) is 0 Å². The predicted octanol–water partition coefficient (Wildman–Crippen LogP) is 4.91. The Bertz CT molecular complexity index is 788. The lowest BCUT2D eigenvalue weighted by atomic mass is 9.79. The Morgan fingerprint density at radius 1 is 1.04 bits per heavy atom. The number of likely N-dealkylation sites (tertiary alicyclic amines) is 1. The molecule has 0 aromatic heterocycles. The molecule has 1 amide bonds. The SMILES string of the molecule is CCCCc1ccc(-c2ccc(C(=O)N3CCC[C@]4(CCNC4)C3)cc2)cc1. The molecule has 28 heavy (non-hydrogen) atoms. The molecule has 2 fully saturated rings. The summed E-state index contributed by atoms with van der Waals surface area (Å²) in [4.78, 5) is 15.1. The van der Waals surface area contributed by atoms with Crippen molar-refractivity contribution in [2.45, 2.75) is 45.4 Å². The van der Waals surface area contributed by atoms with Crippen LogP contribution in [0.2, 0.25) is 0 Å². The highest BCUT2D eigenvalue weighted by Gasteiger charge is 2.39. The molecule has 0 saturated carbocycles. The second-order valence-corrected chi connectivity index (χ2v) is 8.63. The van der Waals surface area contributed by atoms with Crippen molar-refractivity contribution < 1.29 is 4.79 Å². The van der Waals surface area contributed by atoms with Gasteiger partial charge in [-0.25, -0.2) is 0 Å². The standard InChI is InChI=1S/C25H32N2O/c1-2-3-5-20-6-8-21(9-7-20)22-10-12-23(13-11-22)24(28)27-17-4-14-25(19-27)15-16-26-18-25/h6-13,26H,2-5,14-19H2,1H3/t25-/m1/s1. The summed E-state index contributed by atoms with van der Waals surface area (Å²) in [6, 6.07) is 17.0. The van der Waals surface area contributed by atoms with Crippen LogP contribution in [-0.4, -0.2) is 37.0 Å². The topological polar surface area (TPSA) is 32.3 Å². The maximum atomic E-state index is 13.0. The molecule has 0 radical (unpaired) electrons. The molecule has 4 rings (SSSR count). The molecule has 2 saturated heterocycles. The number of piperidine rings is 1. The van der Waals surface area contributed by atoms with Gasteiger partial charge in [-0.05, 0) is 67.5 Å². The monoisotopic (exact) mass is 376 g/mol. The summed E-state index contributed by atoms with van der Waals surface area (Å²) < 4.78 is 0. The molecule has 2 aliphatic rings. The third kappa shape index (κ3) is 4.15. The van der Waals surface area contributed by atoms with Crippen molar-refractivity contribution in [2.75, 3.05) is 26.2 Å². The lowest BCUT2D eigenvalue weighted by Crippen LogP contribution is -2.47. The second kappa shape index (κ2) is 8.48. The highest BCUT2D eigenvalue weighted by molar-refractivity contribution is 5.94. The number of nitrogens with one attached hydrogen (secondary N) is 1. The Labute approximate surface area is 169 Å². The minimum absolute atomic E-state index is 0.187. The molecular formula is C25H32N2O. The van der Waals surface area contributed by atoms with E-state index in [0.29, 0.717) is 5.41 Å². The van der Waals surface area contributed by atoms with Crippen LogP contribution in [0.15, 0.2) is 48.5 Å². The number of carbonyl (C=O) groups is 1. The van der Waals surface area contributed by atoms with Gasteiger partial charge >= 0.3 is 0 Å². The normalized spacial score (nSPS) is 22.0. The number of hydrogen-bond donors (Lipinski definition) is 1. The van der Waals surface area contributed by atoms with E-state index >= 15 is 0 Å². The summed E-state index contributed by atoms with van der Waals surface area (Å²) in [7, 11) is 0. The average Bonchev–Trinajstić information content (AvgIpc) is 3.19. The molecular weight excluding hydrogens is 344 g/mol. The van der Waals surface area contributed by atoms with Crippen LogP contribution in [0, 0.1) is 5.41 Å². The van der Waals surface area contributed by atoms with Gasteiger partial charge in [0.2, 0.25) is 0 Å². The average molecular weight is 377 g/mol. The molecule has 2 heterocycles. The van der Waals surface area contributed by atoms with Crippen LogP contribution in [0.4, 0.5) is 0 Å². The van der Waals surface area contributed by atoms with E-state index < -0.39 is 0 Å². The molecule has 0 bridgehead atoms. The zero-order valence-electron chi connectivity index (χ0n) is 17.0. The zero-order chi connectivity index (χ0) is 19.4. The number of hydrogen-bond acceptors (Lipinski definition) is 2. The largest absolute Gasteiger partial charge is 0.338 e. The maximum Gasteiger partial charge on any atom is 0.253 e. The first-order valence-electron chi connectivity index (χ1n) is 10.9. The molecule has 2 aromatic carbocycles. The summed E-state index contributed by atoms with van der Waals surface area (Å²) in [5.41, 5.74) is 4.92. The van der Waals surface area contributed by atoms with Gasteiger partial charge in [0.1, 0.15) is 0 Å². The first-order chi connectivity index (χ1) is 13.7. The lowest BCUT2D eigenvalue weighted by Gasteiger charge is -2.40. The predicted molar refractivity (Wildman–Crippen MR) is 116 cm³/mol. The van der Waals surface area contributed by atoms with Crippen LogP contribution in [0.5, 0.6) is 0 Å². The van der Waals surface area contributed by atoms with E-state index in [-0.39, 0.29) is 5.91 Å². The number of benzene rings is 2. The third-order valence-electron chi connectivity index (χ3n) is 6.52. The smallest absolute Gasteiger partial charge is 0.253 e. The van der Waals surface area contributed by atoms with E-state index in [9.17, 15) is 4.79 Å². The van der Waals surface area contributed by atoms with Crippen LogP contribution in [0.1, 0.15) is 54.9 Å². The molecule has 148 valence electrons. The number of unbranched alkanes of at least 4 members (excludes halogenated alkanes) is 1. The van der Waals surface area contributed by atoms with Crippen LogP contribution < -0.4 is 5.32 Å². The van der Waals surface area contributed by atoms with E-state index in [4.69, 9.17) is 0 Å². The molecule has 1 N–H and O–H groups in total. The van der Waals surface area contributed by atoms with E-state index in [1.807, 2.05) is 12.1 Å². The first kappa shape index (κ1) is 19.2. The quantitative estimate of drug-likeness (QED) is 0.804. The number of amides is 1. The Balaban J connectivity index is 1.43. The summed E-state index contributed by atoms with van der Waals surface area (Å²) in [6.45, 7) is 6.17. The van der Waals surface area contributed by atoms with Gasteiger partial charge in [0, 0.05) is 30.6 Å². The van der Waals surface area contributed by atoms with E-state index in [1.54, 1.807) is 0 Å². The van der Waals surface area contributed by atoms with Gasteiger partial charge in [-0.3, -0.25) is 4.79 Å². The summed E-state index contributed by atoms with van der Waals surface area (Å²) >= 11 is 0. The fraction of sp³-hybridized carbons (Fsp3) is 0.480. The summed E-state index contributed by atoms with van der Waals surface area (Å²) in [5, 5.41) is 3.48. The fourth-order valence-electron chi connectivity index (χ4n) is 4.76. The Morgan fingerprint density at radius 2 is 1.75 bits per heavy atom. The van der Waals surface area contributed by atoms with Crippen LogP contribution in [0.25, 0.3) is 11.1 Å². The number of carbonyl (C=O) groups excluding carboxylic acids is 1. The Hall–Kier alpha value is -2.13. The molecule has 1 spiro atoms. The lowest BCUT2D eigenvalue weighted by molar-refractivity contribution is 0.0553. The van der Waals surface area contributed by atoms with Crippen molar-refractivity contribution >= 4 is 5.91 Å². The molecule has 3 nitrogen and oxygen atoms in total. The van der Waals surface area contributed by atoms with Crippen LogP contribution in [-0.2, 0) is 6.42 Å². The van der Waals surface area contributed by atoms with Crippen molar-refractivity contribution in [2.24, 2.45) is 5.41 Å². The zero-order valence-corrected chi connectivity index (χ0v) is 17.0. The van der Waals surface area contributed by atoms with Gasteiger partial charge in [0.25, 0.3) is 5.91 Å². The molecule has 2 aliphatic heterocycles. The van der Waals surface area contributed by atoms with Crippen LogP contribution in [0.3, 0.4) is 0 Å². The Morgan fingerprint density at radius 3 is 2.39 bits per heavy atom. The van der Waals surface area contributed by atoms with Gasteiger partial charge < -0.3 is 10.2 Å². The van der Waals surface area contributed by atoms with Gasteiger partial charge in [-0.2, -0.15) is 0 Å².